The molecule has 1 heteroatoms. The highest BCUT2D eigenvalue weighted by Gasteiger charge is 2.07. The van der Waals surface area contributed by atoms with Crippen molar-refractivity contribution in [2.45, 2.75) is 66.2 Å². The number of carbonyl (C=O) groups excluding carboxylic acids is 1. The summed E-state index contributed by atoms with van der Waals surface area (Å²) in [6.07, 6.45) is 6.14. The van der Waals surface area contributed by atoms with E-state index in [0.29, 0.717) is 17.6 Å². The van der Waals surface area contributed by atoms with Gasteiger partial charge in [0.2, 0.25) is 0 Å². The van der Waals surface area contributed by atoms with E-state index in [1.54, 1.807) is 0 Å². The SMILES string of the molecule is CCC(C)CCC(=O)CCC(C)CC. The Bertz CT molecular complexity index is 135. The number of hydrogen-bond acceptors (Lipinski definition) is 1. The molecule has 0 N–H and O–H groups in total. The van der Waals surface area contributed by atoms with E-state index >= 15 is 0 Å². The van der Waals surface area contributed by atoms with E-state index in [2.05, 4.69) is 27.7 Å². The van der Waals surface area contributed by atoms with Crippen molar-refractivity contribution in [2.75, 3.05) is 0 Å². The molecule has 14 heavy (non-hydrogen) atoms. The smallest absolute Gasteiger partial charge is 0.132 e. The maximum absolute atomic E-state index is 11.5. The monoisotopic (exact) mass is 198 g/mol. The maximum atomic E-state index is 11.5. The third-order valence-corrected chi connectivity index (χ3v) is 3.23. The van der Waals surface area contributed by atoms with Gasteiger partial charge in [0.15, 0.2) is 0 Å². The van der Waals surface area contributed by atoms with Gasteiger partial charge in [0, 0.05) is 12.8 Å². The van der Waals surface area contributed by atoms with Gasteiger partial charge in [-0.3, -0.25) is 4.79 Å². The second kappa shape index (κ2) is 8.02. The zero-order chi connectivity index (χ0) is 11.0. The van der Waals surface area contributed by atoms with Crippen molar-refractivity contribution in [1.82, 2.24) is 0 Å². The number of carbonyl (C=O) groups is 1. The normalized spacial score (nSPS) is 15.1. The molecule has 0 aromatic carbocycles. The molecule has 0 aliphatic carbocycles. The highest BCUT2D eigenvalue weighted by atomic mass is 16.1. The van der Waals surface area contributed by atoms with Crippen molar-refractivity contribution < 1.29 is 4.79 Å². The fourth-order valence-electron chi connectivity index (χ4n) is 1.35. The predicted molar refractivity (Wildman–Crippen MR) is 62.4 cm³/mol. The Labute approximate surface area is 89.3 Å². The molecule has 84 valence electrons. The van der Waals surface area contributed by atoms with Crippen molar-refractivity contribution in [3.8, 4) is 0 Å². The molecule has 0 saturated heterocycles. The van der Waals surface area contributed by atoms with E-state index in [-0.39, 0.29) is 0 Å². The molecular formula is C13H26O. The minimum atomic E-state index is 0.464. The van der Waals surface area contributed by atoms with E-state index in [9.17, 15) is 4.79 Å². The first-order valence-corrected chi connectivity index (χ1v) is 6.11. The van der Waals surface area contributed by atoms with E-state index in [1.165, 1.54) is 12.8 Å². The number of Topliss-reactive ketones (excluding diaryl/α,β-unsaturated/α-hetero) is 1. The third-order valence-electron chi connectivity index (χ3n) is 3.23. The van der Waals surface area contributed by atoms with E-state index in [4.69, 9.17) is 0 Å². The zero-order valence-corrected chi connectivity index (χ0v) is 10.3. The van der Waals surface area contributed by atoms with Gasteiger partial charge in [0.1, 0.15) is 5.78 Å². The fourth-order valence-corrected chi connectivity index (χ4v) is 1.35. The average Bonchev–Trinajstić information content (AvgIpc) is 2.22. The molecule has 0 aromatic rings. The second-order valence-electron chi connectivity index (χ2n) is 4.64. The summed E-state index contributed by atoms with van der Waals surface area (Å²) in [5, 5.41) is 0. The minimum Gasteiger partial charge on any atom is -0.300 e. The highest BCUT2D eigenvalue weighted by Crippen LogP contribution is 2.14. The molecule has 1 nitrogen and oxygen atoms in total. The largest absolute Gasteiger partial charge is 0.300 e. The first-order valence-electron chi connectivity index (χ1n) is 6.11. The van der Waals surface area contributed by atoms with E-state index in [0.717, 1.165) is 25.7 Å². The van der Waals surface area contributed by atoms with Gasteiger partial charge in [-0.05, 0) is 24.7 Å². The number of rotatable bonds is 8. The summed E-state index contributed by atoms with van der Waals surface area (Å²) in [4.78, 5) is 11.5. The Balaban J connectivity index is 3.46. The predicted octanol–water partition coefficient (Wildman–Crippen LogP) is 4.21. The van der Waals surface area contributed by atoms with Crippen LogP contribution in [0.2, 0.25) is 0 Å². The summed E-state index contributed by atoms with van der Waals surface area (Å²) in [7, 11) is 0. The summed E-state index contributed by atoms with van der Waals surface area (Å²) in [6, 6.07) is 0. The molecule has 0 aromatic heterocycles. The van der Waals surface area contributed by atoms with Crippen LogP contribution in [0, 0.1) is 11.8 Å². The topological polar surface area (TPSA) is 17.1 Å². The lowest BCUT2D eigenvalue weighted by atomic mass is 9.96. The van der Waals surface area contributed by atoms with Gasteiger partial charge >= 0.3 is 0 Å². The van der Waals surface area contributed by atoms with Crippen LogP contribution in [0.4, 0.5) is 0 Å². The lowest BCUT2D eigenvalue weighted by molar-refractivity contribution is -0.119. The van der Waals surface area contributed by atoms with Gasteiger partial charge in [-0.15, -0.1) is 0 Å². The standard InChI is InChI=1S/C13H26O/c1-5-11(3)7-9-13(14)10-8-12(4)6-2/h11-12H,5-10H2,1-4H3. The fraction of sp³-hybridized carbons (Fsp3) is 0.923. The van der Waals surface area contributed by atoms with Gasteiger partial charge in [-0.1, -0.05) is 40.5 Å². The van der Waals surface area contributed by atoms with E-state index < -0.39 is 0 Å². The second-order valence-corrected chi connectivity index (χ2v) is 4.64. The van der Waals surface area contributed by atoms with Crippen LogP contribution in [0.1, 0.15) is 66.2 Å². The summed E-state index contributed by atoms with van der Waals surface area (Å²) < 4.78 is 0. The molecule has 0 amide bonds. The Morgan fingerprint density at radius 3 is 1.57 bits per heavy atom. The Morgan fingerprint density at radius 2 is 1.29 bits per heavy atom. The van der Waals surface area contributed by atoms with Crippen LogP contribution < -0.4 is 0 Å². The minimum absolute atomic E-state index is 0.464. The molecule has 0 heterocycles. The van der Waals surface area contributed by atoms with Crippen molar-refractivity contribution in [1.29, 1.82) is 0 Å². The molecule has 0 radical (unpaired) electrons. The van der Waals surface area contributed by atoms with Gasteiger partial charge < -0.3 is 0 Å². The lowest BCUT2D eigenvalue weighted by Crippen LogP contribution is -2.04. The van der Waals surface area contributed by atoms with Gasteiger partial charge in [0.25, 0.3) is 0 Å². The van der Waals surface area contributed by atoms with Crippen LogP contribution in [0.5, 0.6) is 0 Å². The van der Waals surface area contributed by atoms with Crippen LogP contribution in [0.3, 0.4) is 0 Å². The highest BCUT2D eigenvalue weighted by molar-refractivity contribution is 5.78. The molecule has 0 aliphatic heterocycles. The van der Waals surface area contributed by atoms with Crippen molar-refractivity contribution in [3.05, 3.63) is 0 Å². The molecule has 0 fully saturated rings. The van der Waals surface area contributed by atoms with Crippen molar-refractivity contribution >= 4 is 5.78 Å². The number of hydrogen-bond donors (Lipinski definition) is 0. The summed E-state index contributed by atoms with van der Waals surface area (Å²) in [6.45, 7) is 8.83. The van der Waals surface area contributed by atoms with Gasteiger partial charge in [-0.25, -0.2) is 0 Å². The summed E-state index contributed by atoms with van der Waals surface area (Å²) >= 11 is 0. The number of ketones is 1. The maximum Gasteiger partial charge on any atom is 0.132 e. The Hall–Kier alpha value is -0.330. The van der Waals surface area contributed by atoms with Crippen molar-refractivity contribution in [3.63, 3.8) is 0 Å². The van der Waals surface area contributed by atoms with Gasteiger partial charge in [-0.2, -0.15) is 0 Å². The molecule has 2 unspecified atom stereocenters. The molecule has 0 saturated carbocycles. The van der Waals surface area contributed by atoms with Crippen LogP contribution in [-0.4, -0.2) is 5.78 Å². The average molecular weight is 198 g/mol. The van der Waals surface area contributed by atoms with Crippen LogP contribution in [-0.2, 0) is 4.79 Å². The Morgan fingerprint density at radius 1 is 0.929 bits per heavy atom. The molecule has 0 rings (SSSR count). The molecule has 0 aliphatic rings. The van der Waals surface area contributed by atoms with Crippen LogP contribution in [0.25, 0.3) is 0 Å². The first kappa shape index (κ1) is 13.7. The third kappa shape index (κ3) is 7.11. The lowest BCUT2D eigenvalue weighted by Gasteiger charge is -2.09. The van der Waals surface area contributed by atoms with Gasteiger partial charge in [0.05, 0.1) is 0 Å². The zero-order valence-electron chi connectivity index (χ0n) is 10.3. The summed E-state index contributed by atoms with van der Waals surface area (Å²) in [5.41, 5.74) is 0. The summed E-state index contributed by atoms with van der Waals surface area (Å²) in [5.74, 6) is 1.88. The first-order chi connectivity index (χ1) is 6.60. The quantitative estimate of drug-likeness (QED) is 0.571. The molecule has 0 bridgehead atoms. The molecule has 2 atom stereocenters. The van der Waals surface area contributed by atoms with Crippen LogP contribution >= 0.6 is 0 Å². The van der Waals surface area contributed by atoms with Crippen LogP contribution in [0.15, 0.2) is 0 Å². The molecular weight excluding hydrogens is 172 g/mol. The molecule has 0 spiro atoms. The van der Waals surface area contributed by atoms with E-state index in [1.807, 2.05) is 0 Å². The van der Waals surface area contributed by atoms with Crippen molar-refractivity contribution in [2.24, 2.45) is 11.8 Å². The Kier molecular flexibility index (Phi) is 7.83.